The molecule has 0 atom stereocenters. The molecule has 0 saturated heterocycles. The van der Waals surface area contributed by atoms with Gasteiger partial charge in [0.15, 0.2) is 0 Å². The van der Waals surface area contributed by atoms with Crippen molar-refractivity contribution in [2.75, 3.05) is 18.4 Å². The normalized spacial score (nSPS) is 11.3. The molecule has 4 aromatic rings. The van der Waals surface area contributed by atoms with Crippen LogP contribution in [-0.4, -0.2) is 32.8 Å². The molecule has 0 unspecified atom stereocenters. The van der Waals surface area contributed by atoms with E-state index in [-0.39, 0.29) is 5.56 Å². The lowest BCUT2D eigenvalue weighted by atomic mass is 10.0. The smallest absolute Gasteiger partial charge is 0.258 e. The molecule has 25 heavy (non-hydrogen) atoms. The van der Waals surface area contributed by atoms with Crippen LogP contribution in [0.15, 0.2) is 47.7 Å². The molecule has 4 N–H and O–H groups in total. The molecule has 3 aromatic heterocycles. The molecule has 0 aliphatic carbocycles. The highest BCUT2D eigenvalue weighted by Gasteiger charge is 2.12. The molecule has 1 aromatic carbocycles. The Bertz CT molecular complexity index is 1130. The van der Waals surface area contributed by atoms with Crippen molar-refractivity contribution in [1.82, 2.24) is 19.7 Å². The minimum Gasteiger partial charge on any atom is -0.368 e. The van der Waals surface area contributed by atoms with Gasteiger partial charge in [-0.2, -0.15) is 5.10 Å². The number of nitrogens with two attached hydrogens (primary N) is 1. The van der Waals surface area contributed by atoms with Gasteiger partial charge in [0.1, 0.15) is 5.82 Å². The van der Waals surface area contributed by atoms with Crippen LogP contribution in [0.5, 0.6) is 0 Å². The summed E-state index contributed by atoms with van der Waals surface area (Å²) < 4.78 is 1.76. The number of benzene rings is 1. The lowest BCUT2D eigenvalue weighted by Crippen LogP contribution is -2.15. The molecule has 0 bridgehead atoms. The van der Waals surface area contributed by atoms with Crippen LogP contribution in [0, 0.1) is 0 Å². The number of H-pyrrole nitrogens is 1. The number of aromatic nitrogens is 4. The summed E-state index contributed by atoms with van der Waals surface area (Å²) in [6.07, 6.45) is 5.37. The Morgan fingerprint density at radius 3 is 2.88 bits per heavy atom. The van der Waals surface area contributed by atoms with Gasteiger partial charge in [0.2, 0.25) is 0 Å². The van der Waals surface area contributed by atoms with Crippen molar-refractivity contribution >= 4 is 27.5 Å². The fourth-order valence-electron chi connectivity index (χ4n) is 3.04. The van der Waals surface area contributed by atoms with Gasteiger partial charge in [-0.25, -0.2) is 4.98 Å². The Kier molecular flexibility index (Phi) is 3.70. The summed E-state index contributed by atoms with van der Waals surface area (Å²) in [5.74, 6) is 0.733. The number of aromatic amines is 1. The van der Waals surface area contributed by atoms with Crippen LogP contribution in [0.3, 0.4) is 0 Å². The van der Waals surface area contributed by atoms with Gasteiger partial charge >= 0.3 is 0 Å². The summed E-state index contributed by atoms with van der Waals surface area (Å²) in [7, 11) is 1.88. The molecule has 0 saturated carbocycles. The second-order valence-corrected chi connectivity index (χ2v) is 5.91. The van der Waals surface area contributed by atoms with E-state index in [1.807, 2.05) is 37.6 Å². The Labute approximate surface area is 143 Å². The zero-order valence-corrected chi connectivity index (χ0v) is 13.8. The van der Waals surface area contributed by atoms with Crippen molar-refractivity contribution in [2.45, 2.75) is 0 Å². The second-order valence-electron chi connectivity index (χ2n) is 5.91. The van der Waals surface area contributed by atoms with Crippen molar-refractivity contribution in [3.8, 4) is 11.1 Å². The SMILES string of the molecule is Cn1cc(-c2ccc3c(NCCN)nc4cc[nH]c(=O)c4c3c2)cn1. The van der Waals surface area contributed by atoms with E-state index in [0.29, 0.717) is 24.0 Å². The predicted molar refractivity (Wildman–Crippen MR) is 99.6 cm³/mol. The third-order valence-electron chi connectivity index (χ3n) is 4.19. The van der Waals surface area contributed by atoms with E-state index in [0.717, 1.165) is 27.7 Å². The number of fused-ring (bicyclic) bond motifs is 3. The highest BCUT2D eigenvalue weighted by Crippen LogP contribution is 2.31. The molecule has 0 amide bonds. The van der Waals surface area contributed by atoms with Crippen LogP contribution in [-0.2, 0) is 7.05 Å². The maximum Gasteiger partial charge on any atom is 0.258 e. The van der Waals surface area contributed by atoms with Crippen molar-refractivity contribution in [2.24, 2.45) is 12.8 Å². The summed E-state index contributed by atoms with van der Waals surface area (Å²) in [6.45, 7) is 1.12. The second kappa shape index (κ2) is 6.03. The number of pyridine rings is 2. The molecule has 126 valence electrons. The number of nitrogens with one attached hydrogen (secondary N) is 2. The molecular weight excluding hydrogens is 316 g/mol. The summed E-state index contributed by atoms with van der Waals surface area (Å²) in [5.41, 5.74) is 8.11. The molecular formula is C18H18N6O. The number of hydrogen-bond donors (Lipinski definition) is 3. The zero-order valence-electron chi connectivity index (χ0n) is 13.8. The van der Waals surface area contributed by atoms with Crippen molar-refractivity contribution in [1.29, 1.82) is 0 Å². The first-order valence-corrected chi connectivity index (χ1v) is 8.05. The van der Waals surface area contributed by atoms with Gasteiger partial charge in [0, 0.05) is 48.9 Å². The van der Waals surface area contributed by atoms with Crippen LogP contribution >= 0.6 is 0 Å². The molecule has 0 aliphatic rings. The highest BCUT2D eigenvalue weighted by atomic mass is 16.1. The Morgan fingerprint density at radius 1 is 1.24 bits per heavy atom. The fourth-order valence-corrected chi connectivity index (χ4v) is 3.04. The number of rotatable bonds is 4. The first-order chi connectivity index (χ1) is 12.2. The summed E-state index contributed by atoms with van der Waals surface area (Å²) in [4.78, 5) is 19.8. The van der Waals surface area contributed by atoms with E-state index in [4.69, 9.17) is 5.73 Å². The minimum atomic E-state index is -0.149. The van der Waals surface area contributed by atoms with Gasteiger partial charge in [0.05, 0.1) is 17.1 Å². The molecule has 4 rings (SSSR count). The lowest BCUT2D eigenvalue weighted by molar-refractivity contribution is 0.768. The van der Waals surface area contributed by atoms with Gasteiger partial charge in [0.25, 0.3) is 5.56 Å². The Balaban J connectivity index is 2.04. The van der Waals surface area contributed by atoms with Crippen LogP contribution in [0.2, 0.25) is 0 Å². The third kappa shape index (κ3) is 2.64. The fraction of sp³-hybridized carbons (Fsp3) is 0.167. The molecule has 0 aliphatic heterocycles. The number of anilines is 1. The first kappa shape index (κ1) is 15.3. The number of nitrogens with zero attached hydrogens (tertiary/aromatic N) is 3. The molecule has 3 heterocycles. The van der Waals surface area contributed by atoms with Crippen LogP contribution < -0.4 is 16.6 Å². The maximum atomic E-state index is 12.4. The van der Waals surface area contributed by atoms with Gasteiger partial charge in [-0.1, -0.05) is 12.1 Å². The van der Waals surface area contributed by atoms with E-state index < -0.39 is 0 Å². The van der Waals surface area contributed by atoms with Crippen molar-refractivity contribution < 1.29 is 0 Å². The van der Waals surface area contributed by atoms with Gasteiger partial charge in [-0.3, -0.25) is 9.48 Å². The Hall–Kier alpha value is -3.19. The average Bonchev–Trinajstić information content (AvgIpc) is 3.05. The quantitative estimate of drug-likeness (QED) is 0.494. The van der Waals surface area contributed by atoms with Crippen molar-refractivity contribution in [3.63, 3.8) is 0 Å². The molecule has 0 spiro atoms. The molecule has 0 radical (unpaired) electrons. The van der Waals surface area contributed by atoms with Crippen LogP contribution in [0.1, 0.15) is 0 Å². The van der Waals surface area contributed by atoms with Crippen LogP contribution in [0.4, 0.5) is 5.82 Å². The zero-order chi connectivity index (χ0) is 17.4. The number of aryl methyl sites for hydroxylation is 1. The van der Waals surface area contributed by atoms with Crippen LogP contribution in [0.25, 0.3) is 32.8 Å². The minimum absolute atomic E-state index is 0.149. The summed E-state index contributed by atoms with van der Waals surface area (Å²) >= 11 is 0. The maximum absolute atomic E-state index is 12.4. The Morgan fingerprint density at radius 2 is 2.12 bits per heavy atom. The average molecular weight is 334 g/mol. The molecule has 7 nitrogen and oxygen atoms in total. The summed E-state index contributed by atoms with van der Waals surface area (Å²) in [5, 5.41) is 9.80. The molecule has 0 fully saturated rings. The highest BCUT2D eigenvalue weighted by molar-refractivity contribution is 6.10. The predicted octanol–water partition coefficient (Wildman–Crippen LogP) is 1.85. The van der Waals surface area contributed by atoms with Gasteiger partial charge < -0.3 is 16.0 Å². The summed E-state index contributed by atoms with van der Waals surface area (Å²) in [6, 6.07) is 7.81. The standard InChI is InChI=1S/C18H18N6O/c1-24-10-12(9-22-24)11-2-3-13-14(8-11)16-15(4-6-21-18(16)25)23-17(13)20-7-5-19/h2-4,6,8-10H,5,7,19H2,1H3,(H,20,23)(H,21,25). The molecule has 7 heteroatoms. The third-order valence-corrected chi connectivity index (χ3v) is 4.19. The van der Waals surface area contributed by atoms with Gasteiger partial charge in [-0.15, -0.1) is 0 Å². The van der Waals surface area contributed by atoms with Crippen molar-refractivity contribution in [3.05, 3.63) is 53.2 Å². The van der Waals surface area contributed by atoms with E-state index in [2.05, 4.69) is 20.4 Å². The first-order valence-electron chi connectivity index (χ1n) is 8.05. The van der Waals surface area contributed by atoms with E-state index in [9.17, 15) is 4.79 Å². The largest absolute Gasteiger partial charge is 0.368 e. The van der Waals surface area contributed by atoms with Gasteiger partial charge in [-0.05, 0) is 17.7 Å². The van der Waals surface area contributed by atoms with E-state index in [1.54, 1.807) is 16.9 Å². The van der Waals surface area contributed by atoms with E-state index in [1.165, 1.54) is 0 Å². The topological polar surface area (TPSA) is 102 Å². The number of hydrogen-bond acceptors (Lipinski definition) is 5. The lowest BCUT2D eigenvalue weighted by Gasteiger charge is -2.11. The van der Waals surface area contributed by atoms with E-state index >= 15 is 0 Å². The monoisotopic (exact) mass is 334 g/mol.